The van der Waals surface area contributed by atoms with Crippen LogP contribution in [0.3, 0.4) is 0 Å². The van der Waals surface area contributed by atoms with Crippen LogP contribution in [0.2, 0.25) is 0 Å². The van der Waals surface area contributed by atoms with Crippen molar-refractivity contribution in [2.45, 2.75) is 38.4 Å². The highest BCUT2D eigenvalue weighted by atomic mass is 19.4. The lowest BCUT2D eigenvalue weighted by molar-refractivity contribution is -0.137. The lowest BCUT2D eigenvalue weighted by atomic mass is 9.96. The Hall–Kier alpha value is -2.39. The molecule has 1 fully saturated rings. The van der Waals surface area contributed by atoms with Crippen molar-refractivity contribution in [3.05, 3.63) is 35.9 Å². The van der Waals surface area contributed by atoms with Crippen LogP contribution in [0.1, 0.15) is 37.6 Å². The summed E-state index contributed by atoms with van der Waals surface area (Å²) in [5.41, 5.74) is 6.36. The molecule has 4 rings (SSSR count). The van der Waals surface area contributed by atoms with Crippen molar-refractivity contribution >= 4 is 11.5 Å². The second kappa shape index (κ2) is 7.46. The smallest absolute Gasteiger partial charge is 0.383 e. The van der Waals surface area contributed by atoms with Crippen LogP contribution in [0.4, 0.5) is 19.0 Å². The first kappa shape index (κ1) is 19.9. The predicted octanol–water partition coefficient (Wildman–Crippen LogP) is 3.61. The third-order valence-corrected chi connectivity index (χ3v) is 5.40. The number of nitrogen functional groups attached to an aromatic ring is 1. The van der Waals surface area contributed by atoms with E-state index in [4.69, 9.17) is 10.5 Å². The molecule has 2 aliphatic rings. The van der Waals surface area contributed by atoms with E-state index >= 15 is 0 Å². The highest BCUT2D eigenvalue weighted by molar-refractivity contribution is 5.65. The number of hydrogen-bond acceptors (Lipinski definition) is 5. The number of nitrogens with zero attached hydrogens (tertiary/aromatic N) is 4. The quantitative estimate of drug-likeness (QED) is 0.839. The van der Waals surface area contributed by atoms with E-state index in [9.17, 15) is 13.2 Å². The van der Waals surface area contributed by atoms with Crippen molar-refractivity contribution in [2.24, 2.45) is 0 Å². The van der Waals surface area contributed by atoms with E-state index in [1.54, 1.807) is 6.20 Å². The minimum atomic E-state index is -4.56. The number of hydrogen-bond donors (Lipinski definition) is 1. The van der Waals surface area contributed by atoms with Gasteiger partial charge in [-0.2, -0.15) is 13.2 Å². The number of imidazole rings is 1. The number of alkyl halides is 3. The van der Waals surface area contributed by atoms with Gasteiger partial charge in [-0.1, -0.05) is 13.8 Å². The lowest BCUT2D eigenvalue weighted by Gasteiger charge is -2.38. The van der Waals surface area contributed by atoms with Gasteiger partial charge in [-0.3, -0.25) is 4.90 Å². The van der Waals surface area contributed by atoms with Crippen molar-refractivity contribution in [1.82, 2.24) is 19.4 Å². The van der Waals surface area contributed by atoms with E-state index in [0.717, 1.165) is 50.3 Å². The number of pyridine rings is 1. The molecule has 0 aromatic carbocycles. The fraction of sp³-hybridized carbons (Fsp3) is 0.500. The average Bonchev–Trinajstić information content (AvgIpc) is 3.06. The van der Waals surface area contributed by atoms with Crippen LogP contribution in [-0.4, -0.2) is 51.8 Å². The molecule has 1 atom stereocenters. The fourth-order valence-electron chi connectivity index (χ4n) is 3.74. The van der Waals surface area contributed by atoms with Crippen LogP contribution in [0.15, 0.2) is 24.5 Å². The third kappa shape index (κ3) is 3.89. The summed E-state index contributed by atoms with van der Waals surface area (Å²) in [6.45, 7) is 7.36. The van der Waals surface area contributed by atoms with E-state index in [1.807, 2.05) is 18.4 Å². The molecule has 0 amide bonds. The summed E-state index contributed by atoms with van der Waals surface area (Å²) < 4.78 is 47.0. The Kier molecular flexibility index (Phi) is 5.12. The Balaban J connectivity index is 1.65. The molecular weight excluding hydrogens is 383 g/mol. The van der Waals surface area contributed by atoms with Gasteiger partial charge in [-0.15, -0.1) is 0 Å². The maximum Gasteiger partial charge on any atom is 0.419 e. The fourth-order valence-corrected chi connectivity index (χ4v) is 3.74. The summed E-state index contributed by atoms with van der Waals surface area (Å²) in [6, 6.07) is 1.39. The summed E-state index contributed by atoms with van der Waals surface area (Å²) in [5.74, 6) is 0.410. The Bertz CT molecular complexity index is 929. The second-order valence-corrected chi connectivity index (χ2v) is 7.74. The molecule has 6 nitrogen and oxygen atoms in total. The van der Waals surface area contributed by atoms with Gasteiger partial charge in [-0.05, 0) is 12.1 Å². The van der Waals surface area contributed by atoms with E-state index in [2.05, 4.69) is 20.9 Å². The molecule has 1 unspecified atom stereocenters. The predicted molar refractivity (Wildman–Crippen MR) is 104 cm³/mol. The zero-order chi connectivity index (χ0) is 20.8. The summed E-state index contributed by atoms with van der Waals surface area (Å²) in [7, 11) is 0. The minimum Gasteiger partial charge on any atom is -0.383 e. The van der Waals surface area contributed by atoms with Gasteiger partial charge < -0.3 is 15.0 Å². The van der Waals surface area contributed by atoms with E-state index in [1.165, 1.54) is 6.20 Å². The third-order valence-electron chi connectivity index (χ3n) is 5.40. The van der Waals surface area contributed by atoms with Crippen molar-refractivity contribution < 1.29 is 17.9 Å². The molecule has 3 heterocycles. The molecule has 29 heavy (non-hydrogen) atoms. The minimum absolute atomic E-state index is 0.121. The number of rotatable bonds is 4. The number of aromatic nitrogens is 3. The maximum atomic E-state index is 13.2. The molecular formula is C20H24F3N5O. The summed E-state index contributed by atoms with van der Waals surface area (Å²) in [5, 5.41) is 0. The molecule has 9 heteroatoms. The van der Waals surface area contributed by atoms with E-state index in [-0.39, 0.29) is 5.92 Å². The van der Waals surface area contributed by atoms with E-state index < -0.39 is 17.6 Å². The Morgan fingerprint density at radius 1 is 1.24 bits per heavy atom. The summed E-state index contributed by atoms with van der Waals surface area (Å²) >= 11 is 0. The van der Waals surface area contributed by atoms with Crippen molar-refractivity contribution in [3.63, 3.8) is 0 Å². The number of nitrogens with two attached hydrogens (primary N) is 1. The van der Waals surface area contributed by atoms with Gasteiger partial charge in [-0.25, -0.2) is 9.97 Å². The van der Waals surface area contributed by atoms with Crippen LogP contribution >= 0.6 is 0 Å². The Morgan fingerprint density at radius 3 is 2.55 bits per heavy atom. The Labute approximate surface area is 167 Å². The molecule has 0 bridgehead atoms. The zero-order valence-electron chi connectivity index (χ0n) is 16.4. The molecule has 1 aliphatic carbocycles. The first-order chi connectivity index (χ1) is 13.7. The first-order valence-electron chi connectivity index (χ1n) is 9.69. The topological polar surface area (TPSA) is 69.2 Å². The SMILES string of the molecule is CC(C)c1nc(-c2cnc(N)c(C(F)(F)F)c2)cn1C1=CC(N2CCOCC2)C1. The standard InChI is InChI=1S/C20H24F3N5O/c1-12(2)19-26-17(13-7-16(20(21,22)23)18(24)25-10-13)11-28(19)15-8-14(9-15)27-3-5-29-6-4-27/h7-8,10-12,14H,3-6,9H2,1-2H3,(H2,24,25). The average molecular weight is 407 g/mol. The largest absolute Gasteiger partial charge is 0.419 e. The van der Waals surface area contributed by atoms with E-state index in [0.29, 0.717) is 17.3 Å². The molecule has 2 aromatic rings. The van der Waals surface area contributed by atoms with Gasteiger partial charge >= 0.3 is 6.18 Å². The monoisotopic (exact) mass is 407 g/mol. The van der Waals surface area contributed by atoms with Crippen LogP contribution in [0.5, 0.6) is 0 Å². The molecule has 0 radical (unpaired) electrons. The number of halogens is 3. The van der Waals surface area contributed by atoms with Crippen LogP contribution in [-0.2, 0) is 10.9 Å². The Morgan fingerprint density at radius 2 is 1.93 bits per heavy atom. The second-order valence-electron chi connectivity index (χ2n) is 7.74. The van der Waals surface area contributed by atoms with Crippen molar-refractivity contribution in [1.29, 1.82) is 0 Å². The van der Waals surface area contributed by atoms with Crippen molar-refractivity contribution in [2.75, 3.05) is 32.0 Å². The molecule has 2 N–H and O–H groups in total. The number of ether oxygens (including phenoxy) is 1. The van der Waals surface area contributed by atoms with Gasteiger partial charge in [0, 0.05) is 55.1 Å². The van der Waals surface area contributed by atoms with Crippen molar-refractivity contribution in [3.8, 4) is 11.3 Å². The first-order valence-corrected chi connectivity index (χ1v) is 9.69. The van der Waals surface area contributed by atoms with Gasteiger partial charge in [0.05, 0.1) is 24.5 Å². The van der Waals surface area contributed by atoms with Crippen LogP contribution in [0, 0.1) is 0 Å². The molecule has 0 spiro atoms. The summed E-state index contributed by atoms with van der Waals surface area (Å²) in [4.78, 5) is 10.7. The zero-order valence-corrected chi connectivity index (χ0v) is 16.4. The van der Waals surface area contributed by atoms with Gasteiger partial charge in [0.15, 0.2) is 0 Å². The lowest BCUT2D eigenvalue weighted by Crippen LogP contribution is -2.45. The molecule has 2 aromatic heterocycles. The highest BCUT2D eigenvalue weighted by Gasteiger charge is 2.34. The number of anilines is 1. The maximum absolute atomic E-state index is 13.2. The summed E-state index contributed by atoms with van der Waals surface area (Å²) in [6.07, 6.45) is 1.66. The van der Waals surface area contributed by atoms with Crippen LogP contribution in [0.25, 0.3) is 17.0 Å². The van der Waals surface area contributed by atoms with Gasteiger partial charge in [0.2, 0.25) is 0 Å². The molecule has 156 valence electrons. The molecule has 1 aliphatic heterocycles. The number of morpholine rings is 1. The van der Waals surface area contributed by atoms with Gasteiger partial charge in [0.25, 0.3) is 0 Å². The highest BCUT2D eigenvalue weighted by Crippen LogP contribution is 2.37. The normalized spacial score (nSPS) is 20.6. The molecule has 0 saturated carbocycles. The van der Waals surface area contributed by atoms with Crippen LogP contribution < -0.4 is 5.73 Å². The van der Waals surface area contributed by atoms with Gasteiger partial charge in [0.1, 0.15) is 11.6 Å². The molecule has 1 saturated heterocycles.